The van der Waals surface area contributed by atoms with E-state index in [1.165, 1.54) is 31.8 Å². The summed E-state index contributed by atoms with van der Waals surface area (Å²) in [6.45, 7) is 0.657. The highest BCUT2D eigenvalue weighted by molar-refractivity contribution is 6.38. The molecule has 4 rings (SSSR count). The number of carbonyl (C=O) groups is 1. The van der Waals surface area contributed by atoms with E-state index in [1.54, 1.807) is 4.90 Å². The lowest BCUT2D eigenvalue weighted by Crippen LogP contribution is -2.50. The van der Waals surface area contributed by atoms with Crippen molar-refractivity contribution in [3.63, 3.8) is 0 Å². The van der Waals surface area contributed by atoms with E-state index >= 15 is 0 Å². The maximum atomic E-state index is 14.5. The lowest BCUT2D eigenvalue weighted by Gasteiger charge is -2.30. The van der Waals surface area contributed by atoms with Gasteiger partial charge in [-0.1, -0.05) is 34.8 Å². The number of hydrogen-bond acceptors (Lipinski definition) is 4. The van der Waals surface area contributed by atoms with Gasteiger partial charge >= 0.3 is 18.0 Å². The molecule has 0 radical (unpaired) electrons. The van der Waals surface area contributed by atoms with Crippen molar-refractivity contribution in [2.45, 2.75) is 36.9 Å². The number of pyridine rings is 1. The molecule has 0 atom stereocenters. The van der Waals surface area contributed by atoms with Crippen molar-refractivity contribution in [3.8, 4) is 16.8 Å². The van der Waals surface area contributed by atoms with E-state index in [-0.39, 0.29) is 40.5 Å². The van der Waals surface area contributed by atoms with Crippen LogP contribution < -0.4 is 0 Å². The molecule has 1 aliphatic rings. The van der Waals surface area contributed by atoms with Gasteiger partial charge in [0.1, 0.15) is 10.8 Å². The Morgan fingerprint density at radius 1 is 1.00 bits per heavy atom. The quantitative estimate of drug-likeness (QED) is 0.191. The van der Waals surface area contributed by atoms with Gasteiger partial charge in [0.25, 0.3) is 5.91 Å². The molecule has 216 valence electrons. The molecule has 0 saturated heterocycles. The van der Waals surface area contributed by atoms with Crippen LogP contribution in [0.5, 0.6) is 0 Å². The van der Waals surface area contributed by atoms with E-state index in [2.05, 4.69) is 10.1 Å². The number of alkyl halides is 7. The molecule has 2 heterocycles. The van der Waals surface area contributed by atoms with E-state index < -0.39 is 33.6 Å². The number of carbonyl (C=O) groups excluding carboxylic acids is 1. The summed E-state index contributed by atoms with van der Waals surface area (Å²) >= 11 is 18.2. The highest BCUT2D eigenvalue weighted by Gasteiger charge is 2.73. The summed E-state index contributed by atoms with van der Waals surface area (Å²) < 4.78 is 99.7. The molecule has 0 spiro atoms. The maximum Gasteiger partial charge on any atom is 0.435 e. The molecule has 1 aliphatic carbocycles. The number of methoxy groups -OCH3 is 1. The normalized spacial score (nSPS) is 14.5. The minimum atomic E-state index is -6.34. The topological polar surface area (TPSA) is 60.2 Å². The summed E-state index contributed by atoms with van der Waals surface area (Å²) in [6, 6.07) is 1.91. The molecule has 0 bridgehead atoms. The first-order chi connectivity index (χ1) is 18.6. The Hall–Kier alpha value is -2.61. The summed E-state index contributed by atoms with van der Waals surface area (Å²) in [7, 11) is 1.51. The fraction of sp³-hybridized carbons (Fsp3) is 0.375. The molecule has 2 aromatic heterocycles. The molecule has 6 nitrogen and oxygen atoms in total. The lowest BCUT2D eigenvalue weighted by molar-refractivity contribution is -0.348. The molecule has 3 aromatic rings. The van der Waals surface area contributed by atoms with Gasteiger partial charge in [0.2, 0.25) is 0 Å². The molecule has 0 aliphatic heterocycles. The first-order valence-corrected chi connectivity index (χ1v) is 12.6. The molecular weight excluding hydrogens is 616 g/mol. The van der Waals surface area contributed by atoms with Crippen LogP contribution in [0, 0.1) is 0 Å². The average molecular weight is 634 g/mol. The minimum absolute atomic E-state index is 0.0464. The fourth-order valence-electron chi connectivity index (χ4n) is 4.00. The monoisotopic (exact) mass is 632 g/mol. The molecule has 1 saturated carbocycles. The van der Waals surface area contributed by atoms with E-state index in [4.69, 9.17) is 39.5 Å². The van der Waals surface area contributed by atoms with Crippen LogP contribution in [0.2, 0.25) is 15.2 Å². The van der Waals surface area contributed by atoms with Crippen LogP contribution in [0.15, 0.2) is 36.8 Å². The molecule has 0 unspecified atom stereocenters. The van der Waals surface area contributed by atoms with Crippen LogP contribution >= 0.6 is 34.8 Å². The Bertz CT molecular complexity index is 1390. The smallest absolute Gasteiger partial charge is 0.383 e. The predicted octanol–water partition coefficient (Wildman–Crippen LogP) is 7.43. The number of nitrogens with zero attached hydrogens (tertiary/aromatic N) is 4. The number of amides is 1. The number of ether oxygens (including phenoxy) is 1. The van der Waals surface area contributed by atoms with Gasteiger partial charge in [-0.05, 0) is 31.0 Å². The largest absolute Gasteiger partial charge is 0.435 e. The molecule has 40 heavy (non-hydrogen) atoms. The van der Waals surface area contributed by atoms with Gasteiger partial charge in [0, 0.05) is 48.8 Å². The van der Waals surface area contributed by atoms with Crippen molar-refractivity contribution in [3.05, 3.63) is 63.1 Å². The lowest BCUT2D eigenvalue weighted by atomic mass is 9.94. The summed E-state index contributed by atoms with van der Waals surface area (Å²) in [6.07, 6.45) is -7.10. The fourth-order valence-corrected chi connectivity index (χ4v) is 4.85. The molecule has 16 heteroatoms. The standard InChI is InChI=1S/C24H18Cl3F7N4O2/c1-40-5-4-37(15-2-3-15)21(39)16-6-12(9-35-20(16)27)13-10-36-38(11-13)19-17(25)7-14(8-18(19)26)22(28,23(29,30)31)24(32,33)34/h6-11,15H,2-5H2,1H3. The summed E-state index contributed by atoms with van der Waals surface area (Å²) in [5.41, 5.74) is -7.05. The third-order valence-corrected chi connectivity index (χ3v) is 7.07. The van der Waals surface area contributed by atoms with Gasteiger partial charge in [0.15, 0.2) is 0 Å². The van der Waals surface area contributed by atoms with Crippen molar-refractivity contribution >= 4 is 40.7 Å². The Morgan fingerprint density at radius 2 is 1.60 bits per heavy atom. The number of hydrogen-bond donors (Lipinski definition) is 0. The van der Waals surface area contributed by atoms with Crippen molar-refractivity contribution in [1.29, 1.82) is 0 Å². The van der Waals surface area contributed by atoms with Crippen molar-refractivity contribution in [2.75, 3.05) is 20.3 Å². The van der Waals surface area contributed by atoms with Crippen LogP contribution in [-0.4, -0.2) is 64.2 Å². The Balaban J connectivity index is 1.69. The maximum absolute atomic E-state index is 14.5. The number of rotatable bonds is 8. The van der Waals surface area contributed by atoms with Crippen LogP contribution in [0.4, 0.5) is 30.7 Å². The number of benzene rings is 1. The van der Waals surface area contributed by atoms with Gasteiger partial charge in [-0.3, -0.25) is 4.79 Å². The van der Waals surface area contributed by atoms with Crippen molar-refractivity contribution in [1.82, 2.24) is 19.7 Å². The summed E-state index contributed by atoms with van der Waals surface area (Å²) in [4.78, 5) is 18.9. The van der Waals surface area contributed by atoms with Crippen molar-refractivity contribution in [2.24, 2.45) is 0 Å². The van der Waals surface area contributed by atoms with E-state index in [0.717, 1.165) is 17.5 Å². The second-order valence-electron chi connectivity index (χ2n) is 8.90. The second kappa shape index (κ2) is 11.0. The molecular formula is C24H18Cl3F7N4O2. The third-order valence-electron chi connectivity index (χ3n) is 6.20. The molecule has 1 amide bonds. The Labute approximate surface area is 237 Å². The van der Waals surface area contributed by atoms with Crippen LogP contribution in [0.3, 0.4) is 0 Å². The highest BCUT2D eigenvalue weighted by Crippen LogP contribution is 2.54. The van der Waals surface area contributed by atoms with E-state index in [1.807, 2.05) is 0 Å². The predicted molar refractivity (Wildman–Crippen MR) is 133 cm³/mol. The van der Waals surface area contributed by atoms with E-state index in [0.29, 0.717) is 24.3 Å². The zero-order valence-corrected chi connectivity index (χ0v) is 22.5. The van der Waals surface area contributed by atoms with Gasteiger partial charge in [-0.25, -0.2) is 14.1 Å². The zero-order chi connectivity index (χ0) is 29.6. The van der Waals surface area contributed by atoms with Gasteiger partial charge < -0.3 is 9.64 Å². The summed E-state index contributed by atoms with van der Waals surface area (Å²) in [5, 5.41) is 2.52. The van der Waals surface area contributed by atoms with Crippen LogP contribution in [-0.2, 0) is 10.4 Å². The highest BCUT2D eigenvalue weighted by atomic mass is 35.5. The third kappa shape index (κ3) is 5.61. The minimum Gasteiger partial charge on any atom is -0.383 e. The van der Waals surface area contributed by atoms with Gasteiger partial charge in [-0.15, -0.1) is 0 Å². The van der Waals surface area contributed by atoms with Crippen LogP contribution in [0.25, 0.3) is 16.8 Å². The first-order valence-electron chi connectivity index (χ1n) is 11.4. The van der Waals surface area contributed by atoms with Crippen molar-refractivity contribution < 1.29 is 40.3 Å². The van der Waals surface area contributed by atoms with Gasteiger partial charge in [-0.2, -0.15) is 31.4 Å². The molecule has 1 fully saturated rings. The Kier molecular flexibility index (Phi) is 8.34. The Morgan fingerprint density at radius 3 is 2.12 bits per heavy atom. The second-order valence-corrected chi connectivity index (χ2v) is 10.1. The van der Waals surface area contributed by atoms with Crippen LogP contribution in [0.1, 0.15) is 28.8 Å². The number of aromatic nitrogens is 3. The van der Waals surface area contributed by atoms with Gasteiger partial charge in [0.05, 0.1) is 28.4 Å². The zero-order valence-electron chi connectivity index (χ0n) is 20.3. The van der Waals surface area contributed by atoms with E-state index in [9.17, 15) is 35.5 Å². The number of halogens is 10. The summed E-state index contributed by atoms with van der Waals surface area (Å²) in [5.74, 6) is -0.364. The average Bonchev–Trinajstić information content (AvgIpc) is 3.58. The molecule has 1 aromatic carbocycles. The first kappa shape index (κ1) is 30.4. The SMILES string of the molecule is COCCN(C(=O)c1cc(-c2cnn(-c3c(Cl)cc(C(F)(C(F)(F)F)C(F)(F)F)cc3Cl)c2)cnc1Cl)C1CC1. The molecule has 0 N–H and O–H groups in total.